The Hall–Kier alpha value is -1.47. The van der Waals surface area contributed by atoms with Crippen molar-refractivity contribution in [3.8, 4) is 0 Å². The van der Waals surface area contributed by atoms with Gasteiger partial charge in [0.1, 0.15) is 5.82 Å². The number of hydrogen-bond acceptors (Lipinski definition) is 4. The number of hydrogen-bond donors (Lipinski definition) is 2. The number of rotatable bonds is 6. The van der Waals surface area contributed by atoms with Crippen LogP contribution in [0.15, 0.2) is 24.3 Å². The zero-order valence-corrected chi connectivity index (χ0v) is 13.3. The topological polar surface area (TPSA) is 75.3 Å². The maximum atomic E-state index is 13.0. The zero-order chi connectivity index (χ0) is 16.2. The zero-order valence-electron chi connectivity index (χ0n) is 12.5. The van der Waals surface area contributed by atoms with E-state index in [1.807, 2.05) is 6.92 Å². The summed E-state index contributed by atoms with van der Waals surface area (Å²) in [6.45, 7) is 2.46. The fraction of sp³-hybridized carbons (Fsp3) is 0.533. The molecule has 1 amide bonds. The van der Waals surface area contributed by atoms with Crippen LogP contribution in [0.1, 0.15) is 19.8 Å². The summed E-state index contributed by atoms with van der Waals surface area (Å²) in [5.41, 5.74) is 0.430. The van der Waals surface area contributed by atoms with Crippen LogP contribution in [0.5, 0.6) is 0 Å². The summed E-state index contributed by atoms with van der Waals surface area (Å²) in [6, 6.07) is 5.67. The minimum Gasteiger partial charge on any atom is -0.326 e. The molecule has 1 saturated heterocycles. The van der Waals surface area contributed by atoms with Crippen molar-refractivity contribution in [3.05, 3.63) is 30.1 Å². The lowest BCUT2D eigenvalue weighted by molar-refractivity contribution is -0.116. The summed E-state index contributed by atoms with van der Waals surface area (Å²) in [5, 5.41) is 5.83. The van der Waals surface area contributed by atoms with Gasteiger partial charge in [0, 0.05) is 18.2 Å². The summed E-state index contributed by atoms with van der Waals surface area (Å²) < 4.78 is 35.8. The van der Waals surface area contributed by atoms with Crippen LogP contribution < -0.4 is 10.6 Å². The van der Waals surface area contributed by atoms with Crippen molar-refractivity contribution < 1.29 is 17.6 Å². The molecule has 7 heteroatoms. The molecule has 1 aromatic rings. The third-order valence-electron chi connectivity index (χ3n) is 3.68. The van der Waals surface area contributed by atoms with Crippen molar-refractivity contribution in [1.29, 1.82) is 0 Å². The van der Waals surface area contributed by atoms with Crippen molar-refractivity contribution in [2.24, 2.45) is 5.92 Å². The van der Waals surface area contributed by atoms with Crippen molar-refractivity contribution in [3.63, 3.8) is 0 Å². The van der Waals surface area contributed by atoms with E-state index in [9.17, 15) is 17.6 Å². The van der Waals surface area contributed by atoms with Crippen LogP contribution in [-0.2, 0) is 14.6 Å². The Morgan fingerprint density at radius 2 is 2.23 bits per heavy atom. The van der Waals surface area contributed by atoms with E-state index in [0.29, 0.717) is 18.7 Å². The van der Waals surface area contributed by atoms with Crippen molar-refractivity contribution in [2.45, 2.75) is 25.8 Å². The molecule has 0 bridgehead atoms. The van der Waals surface area contributed by atoms with Gasteiger partial charge < -0.3 is 10.6 Å². The SMILES string of the molecule is C[C@@H](CC(=O)Nc1cccc(F)c1)NC[C@@H]1CCS(=O)(=O)C1. The van der Waals surface area contributed by atoms with Crippen LogP contribution in [-0.4, -0.2) is 38.4 Å². The Morgan fingerprint density at radius 3 is 2.86 bits per heavy atom. The van der Waals surface area contributed by atoms with Gasteiger partial charge in [-0.2, -0.15) is 0 Å². The Morgan fingerprint density at radius 1 is 1.45 bits per heavy atom. The van der Waals surface area contributed by atoms with Crippen LogP contribution in [0.3, 0.4) is 0 Å². The molecule has 122 valence electrons. The van der Waals surface area contributed by atoms with E-state index >= 15 is 0 Å². The smallest absolute Gasteiger partial charge is 0.225 e. The van der Waals surface area contributed by atoms with E-state index in [4.69, 9.17) is 0 Å². The highest BCUT2D eigenvalue weighted by Gasteiger charge is 2.27. The summed E-state index contributed by atoms with van der Waals surface area (Å²) in [7, 11) is -2.87. The molecule has 2 rings (SSSR count). The third kappa shape index (κ3) is 5.38. The largest absolute Gasteiger partial charge is 0.326 e. The highest BCUT2D eigenvalue weighted by atomic mass is 32.2. The predicted octanol–water partition coefficient (Wildman–Crippen LogP) is 1.57. The first-order valence-electron chi connectivity index (χ1n) is 7.33. The van der Waals surface area contributed by atoms with Crippen molar-refractivity contribution in [2.75, 3.05) is 23.4 Å². The third-order valence-corrected chi connectivity index (χ3v) is 5.52. The molecule has 0 radical (unpaired) electrons. The standard InChI is InChI=1S/C15H21FN2O3S/c1-11(17-9-12-5-6-22(20,21)10-12)7-15(19)18-14-4-2-3-13(16)8-14/h2-4,8,11-12,17H,5-7,9-10H2,1H3,(H,18,19)/t11-,12-/m0/s1. The lowest BCUT2D eigenvalue weighted by Crippen LogP contribution is -2.34. The number of amides is 1. The van der Waals surface area contributed by atoms with Gasteiger partial charge in [-0.15, -0.1) is 0 Å². The number of sulfone groups is 1. The van der Waals surface area contributed by atoms with E-state index in [0.717, 1.165) is 0 Å². The fourth-order valence-corrected chi connectivity index (χ4v) is 4.39. The van der Waals surface area contributed by atoms with Crippen LogP contribution in [0, 0.1) is 11.7 Å². The number of halogens is 1. The highest BCUT2D eigenvalue weighted by Crippen LogP contribution is 2.17. The second-order valence-electron chi connectivity index (χ2n) is 5.84. The Kier molecular flexibility index (Phi) is 5.52. The highest BCUT2D eigenvalue weighted by molar-refractivity contribution is 7.91. The van der Waals surface area contributed by atoms with E-state index < -0.39 is 15.7 Å². The van der Waals surface area contributed by atoms with Crippen LogP contribution in [0.4, 0.5) is 10.1 Å². The molecule has 0 saturated carbocycles. The van der Waals surface area contributed by atoms with Crippen LogP contribution in [0.25, 0.3) is 0 Å². The number of anilines is 1. The minimum atomic E-state index is -2.87. The van der Waals surface area contributed by atoms with E-state index in [-0.39, 0.29) is 35.8 Å². The quantitative estimate of drug-likeness (QED) is 0.831. The van der Waals surface area contributed by atoms with E-state index in [1.165, 1.54) is 18.2 Å². The van der Waals surface area contributed by atoms with Gasteiger partial charge in [-0.05, 0) is 44.0 Å². The number of nitrogens with one attached hydrogen (secondary N) is 2. The minimum absolute atomic E-state index is 0.0723. The van der Waals surface area contributed by atoms with Gasteiger partial charge in [-0.25, -0.2) is 12.8 Å². The molecular weight excluding hydrogens is 307 g/mol. The lowest BCUT2D eigenvalue weighted by atomic mass is 10.1. The van der Waals surface area contributed by atoms with Gasteiger partial charge in [0.2, 0.25) is 5.91 Å². The van der Waals surface area contributed by atoms with E-state index in [1.54, 1.807) is 6.07 Å². The summed E-state index contributed by atoms with van der Waals surface area (Å²) in [5.74, 6) is 0.00509. The van der Waals surface area contributed by atoms with Crippen molar-refractivity contribution in [1.82, 2.24) is 5.32 Å². The molecule has 2 atom stereocenters. The molecule has 22 heavy (non-hydrogen) atoms. The first kappa shape index (κ1) is 16.9. The Bertz CT molecular complexity index is 633. The van der Waals surface area contributed by atoms with Gasteiger partial charge in [0.25, 0.3) is 0 Å². The predicted molar refractivity (Wildman–Crippen MR) is 83.9 cm³/mol. The number of carbonyl (C=O) groups is 1. The molecule has 1 aliphatic rings. The van der Waals surface area contributed by atoms with Crippen LogP contribution >= 0.6 is 0 Å². The monoisotopic (exact) mass is 328 g/mol. The molecule has 5 nitrogen and oxygen atoms in total. The number of benzene rings is 1. The van der Waals surface area contributed by atoms with Gasteiger partial charge >= 0.3 is 0 Å². The average Bonchev–Trinajstić information content (AvgIpc) is 2.76. The molecule has 0 unspecified atom stereocenters. The van der Waals surface area contributed by atoms with Gasteiger partial charge in [0.05, 0.1) is 11.5 Å². The molecule has 0 aliphatic carbocycles. The summed E-state index contributed by atoms with van der Waals surface area (Å²) >= 11 is 0. The molecule has 1 aliphatic heterocycles. The molecule has 2 N–H and O–H groups in total. The molecule has 0 spiro atoms. The first-order valence-corrected chi connectivity index (χ1v) is 9.15. The fourth-order valence-electron chi connectivity index (χ4n) is 2.53. The first-order chi connectivity index (χ1) is 10.3. The normalized spacial score (nSPS) is 21.5. The Balaban J connectivity index is 1.72. The number of carbonyl (C=O) groups excluding carboxylic acids is 1. The second kappa shape index (κ2) is 7.19. The maximum Gasteiger partial charge on any atom is 0.225 e. The summed E-state index contributed by atoms with van der Waals surface area (Å²) in [6.07, 6.45) is 0.924. The molecule has 1 aromatic carbocycles. The maximum absolute atomic E-state index is 13.0. The summed E-state index contributed by atoms with van der Waals surface area (Å²) in [4.78, 5) is 11.9. The van der Waals surface area contributed by atoms with Gasteiger partial charge in [0.15, 0.2) is 9.84 Å². The molecule has 1 heterocycles. The molecule has 1 fully saturated rings. The molecular formula is C15H21FN2O3S. The second-order valence-corrected chi connectivity index (χ2v) is 8.07. The van der Waals surface area contributed by atoms with Crippen LogP contribution in [0.2, 0.25) is 0 Å². The van der Waals surface area contributed by atoms with Gasteiger partial charge in [-0.3, -0.25) is 4.79 Å². The van der Waals surface area contributed by atoms with Gasteiger partial charge in [-0.1, -0.05) is 6.07 Å². The Labute approximate surface area is 130 Å². The lowest BCUT2D eigenvalue weighted by Gasteiger charge is -2.16. The molecule has 0 aromatic heterocycles. The van der Waals surface area contributed by atoms with E-state index in [2.05, 4.69) is 10.6 Å². The average molecular weight is 328 g/mol. The van der Waals surface area contributed by atoms with Crippen molar-refractivity contribution >= 4 is 21.4 Å².